The number of halogens is 1. The molecule has 0 fully saturated rings. The van der Waals surface area contributed by atoms with E-state index in [1.165, 1.54) is 18.6 Å². The van der Waals surface area contributed by atoms with Gasteiger partial charge in [0.05, 0.1) is 0 Å². The van der Waals surface area contributed by atoms with E-state index in [2.05, 4.69) is 9.97 Å². The van der Waals surface area contributed by atoms with Crippen LogP contribution in [0.2, 0.25) is 0 Å². The Balaban J connectivity index is 0.00000169. The minimum atomic E-state index is -0.484. The topological polar surface area (TPSA) is 52.1 Å². The van der Waals surface area contributed by atoms with Crippen LogP contribution >= 0.6 is 12.4 Å². The Morgan fingerprint density at radius 2 is 2.07 bits per heavy atom. The third-order valence-electron chi connectivity index (χ3n) is 1.19. The van der Waals surface area contributed by atoms with Crippen molar-refractivity contribution in [3.63, 3.8) is 0 Å². The predicted molar refractivity (Wildman–Crippen MR) is 54.4 cm³/mol. The smallest absolute Gasteiger partial charge is 0.357 e. The van der Waals surface area contributed by atoms with E-state index in [0.29, 0.717) is 0 Å². The average molecular weight is 217 g/mol. The molecule has 0 unspecified atom stereocenters. The third-order valence-corrected chi connectivity index (χ3v) is 1.19. The zero-order valence-corrected chi connectivity index (χ0v) is 9.17. The summed E-state index contributed by atoms with van der Waals surface area (Å²) in [6.45, 7) is 5.43. The monoisotopic (exact) mass is 216 g/mol. The Kier molecular flexibility index (Phi) is 4.50. The summed E-state index contributed by atoms with van der Waals surface area (Å²) in [4.78, 5) is 18.8. The molecule has 0 radical (unpaired) electrons. The number of carbonyl (C=O) groups is 1. The van der Waals surface area contributed by atoms with Crippen LogP contribution in [0.15, 0.2) is 18.6 Å². The molecule has 5 heteroatoms. The summed E-state index contributed by atoms with van der Waals surface area (Å²) in [5.41, 5.74) is -0.202. The summed E-state index contributed by atoms with van der Waals surface area (Å²) < 4.78 is 5.09. The van der Waals surface area contributed by atoms with Crippen LogP contribution < -0.4 is 0 Å². The Hall–Kier alpha value is -1.16. The summed E-state index contributed by atoms with van der Waals surface area (Å²) in [6.07, 6.45) is 2.82. The second-order valence-electron chi connectivity index (χ2n) is 3.60. The molecule has 0 amide bonds. The Morgan fingerprint density at radius 3 is 2.50 bits per heavy atom. The molecule has 0 saturated carbocycles. The molecule has 4 nitrogen and oxygen atoms in total. The van der Waals surface area contributed by atoms with Gasteiger partial charge in [-0.3, -0.25) is 0 Å². The average Bonchev–Trinajstić information content (AvgIpc) is 2.03. The van der Waals surface area contributed by atoms with E-state index in [-0.39, 0.29) is 18.1 Å². The predicted octanol–water partition coefficient (Wildman–Crippen LogP) is 1.85. The van der Waals surface area contributed by atoms with Gasteiger partial charge in [0, 0.05) is 6.20 Å². The summed E-state index contributed by atoms with van der Waals surface area (Å²) in [6, 6.07) is 1.52. The second kappa shape index (κ2) is 4.91. The molecule has 0 aromatic carbocycles. The summed E-state index contributed by atoms with van der Waals surface area (Å²) in [5.74, 6) is -0.421. The van der Waals surface area contributed by atoms with Gasteiger partial charge in [-0.2, -0.15) is 0 Å². The number of carbonyl (C=O) groups excluding carboxylic acids is 1. The molecule has 0 atom stereocenters. The van der Waals surface area contributed by atoms with Crippen molar-refractivity contribution in [2.24, 2.45) is 0 Å². The van der Waals surface area contributed by atoms with Crippen molar-refractivity contribution in [3.8, 4) is 0 Å². The first-order valence-electron chi connectivity index (χ1n) is 3.98. The molecule has 0 spiro atoms. The Bertz CT molecular complexity index is 295. The fourth-order valence-corrected chi connectivity index (χ4v) is 0.742. The lowest BCUT2D eigenvalue weighted by molar-refractivity contribution is 0.00626. The molecule has 0 aliphatic rings. The fraction of sp³-hybridized carbons (Fsp3) is 0.444. The van der Waals surface area contributed by atoms with Crippen molar-refractivity contribution in [3.05, 3.63) is 24.3 Å². The lowest BCUT2D eigenvalue weighted by Gasteiger charge is -2.18. The normalized spacial score (nSPS) is 10.2. The van der Waals surface area contributed by atoms with Crippen molar-refractivity contribution in [2.45, 2.75) is 26.4 Å². The van der Waals surface area contributed by atoms with E-state index in [0.717, 1.165) is 0 Å². The van der Waals surface area contributed by atoms with E-state index in [1.807, 2.05) is 20.8 Å². The minimum Gasteiger partial charge on any atom is -0.455 e. The van der Waals surface area contributed by atoms with Crippen molar-refractivity contribution < 1.29 is 9.53 Å². The summed E-state index contributed by atoms with van der Waals surface area (Å²) in [5, 5.41) is 0. The molecule has 1 aromatic heterocycles. The molecule has 0 bridgehead atoms. The lowest BCUT2D eigenvalue weighted by Crippen LogP contribution is -2.24. The lowest BCUT2D eigenvalue weighted by atomic mass is 10.2. The van der Waals surface area contributed by atoms with Crippen molar-refractivity contribution >= 4 is 18.4 Å². The second-order valence-corrected chi connectivity index (χ2v) is 3.60. The highest BCUT2D eigenvalue weighted by Gasteiger charge is 2.18. The standard InChI is InChI=1S/C9H12N2O2.ClH/c1-9(2,3)13-8(12)7-4-5-10-6-11-7;/h4-6H,1-3H3;1H. The van der Waals surface area contributed by atoms with Gasteiger partial charge in [0.1, 0.15) is 11.9 Å². The zero-order chi connectivity index (χ0) is 9.90. The molecule has 1 rings (SSSR count). The van der Waals surface area contributed by atoms with Gasteiger partial charge < -0.3 is 4.74 Å². The van der Waals surface area contributed by atoms with E-state index in [9.17, 15) is 4.79 Å². The number of esters is 1. The van der Waals surface area contributed by atoms with Gasteiger partial charge in [0.2, 0.25) is 0 Å². The molecule has 0 aliphatic carbocycles. The van der Waals surface area contributed by atoms with E-state index in [1.54, 1.807) is 0 Å². The first-order valence-corrected chi connectivity index (χ1v) is 3.98. The van der Waals surface area contributed by atoms with Gasteiger partial charge in [-0.25, -0.2) is 14.8 Å². The Labute approximate surface area is 89.1 Å². The van der Waals surface area contributed by atoms with Crippen LogP contribution in [0.25, 0.3) is 0 Å². The maximum Gasteiger partial charge on any atom is 0.357 e. The molecule has 0 aliphatic heterocycles. The minimum absolute atomic E-state index is 0. The molecule has 0 N–H and O–H groups in total. The molecular weight excluding hydrogens is 204 g/mol. The van der Waals surface area contributed by atoms with Gasteiger partial charge in [-0.1, -0.05) is 0 Å². The number of hydrogen-bond acceptors (Lipinski definition) is 4. The first kappa shape index (κ1) is 12.8. The van der Waals surface area contributed by atoms with Crippen LogP contribution in [0.4, 0.5) is 0 Å². The highest BCUT2D eigenvalue weighted by atomic mass is 35.5. The van der Waals surface area contributed by atoms with Crippen LogP contribution in [0, 0.1) is 0 Å². The SMILES string of the molecule is CC(C)(C)OC(=O)c1ccncn1.Cl. The van der Waals surface area contributed by atoms with Crippen LogP contribution in [-0.4, -0.2) is 21.5 Å². The maximum atomic E-state index is 11.3. The highest BCUT2D eigenvalue weighted by Crippen LogP contribution is 2.09. The number of nitrogens with zero attached hydrogens (tertiary/aromatic N) is 2. The van der Waals surface area contributed by atoms with Crippen molar-refractivity contribution in [2.75, 3.05) is 0 Å². The van der Waals surface area contributed by atoms with Gasteiger partial charge in [-0.05, 0) is 26.8 Å². The number of hydrogen-bond donors (Lipinski definition) is 0. The largest absolute Gasteiger partial charge is 0.455 e. The van der Waals surface area contributed by atoms with Gasteiger partial charge >= 0.3 is 5.97 Å². The zero-order valence-electron chi connectivity index (χ0n) is 8.35. The van der Waals surface area contributed by atoms with Gasteiger partial charge in [0.25, 0.3) is 0 Å². The molecule has 1 aromatic rings. The quantitative estimate of drug-likeness (QED) is 0.673. The molecule has 78 valence electrons. The van der Waals surface area contributed by atoms with Crippen molar-refractivity contribution in [1.82, 2.24) is 9.97 Å². The van der Waals surface area contributed by atoms with E-state index in [4.69, 9.17) is 4.74 Å². The van der Waals surface area contributed by atoms with Gasteiger partial charge in [0.15, 0.2) is 5.69 Å². The third kappa shape index (κ3) is 4.18. The number of rotatable bonds is 1. The van der Waals surface area contributed by atoms with E-state index < -0.39 is 11.6 Å². The fourth-order valence-electron chi connectivity index (χ4n) is 0.742. The summed E-state index contributed by atoms with van der Waals surface area (Å²) >= 11 is 0. The van der Waals surface area contributed by atoms with Crippen LogP contribution in [0.5, 0.6) is 0 Å². The molecule has 0 saturated heterocycles. The van der Waals surface area contributed by atoms with Crippen LogP contribution in [-0.2, 0) is 4.74 Å². The van der Waals surface area contributed by atoms with Crippen LogP contribution in [0.1, 0.15) is 31.3 Å². The van der Waals surface area contributed by atoms with Crippen LogP contribution in [0.3, 0.4) is 0 Å². The number of ether oxygens (including phenoxy) is 1. The summed E-state index contributed by atoms with van der Waals surface area (Å²) in [7, 11) is 0. The molecule has 1 heterocycles. The van der Waals surface area contributed by atoms with Crippen molar-refractivity contribution in [1.29, 1.82) is 0 Å². The maximum absolute atomic E-state index is 11.3. The highest BCUT2D eigenvalue weighted by molar-refractivity contribution is 5.87. The molecule has 14 heavy (non-hydrogen) atoms. The Morgan fingerprint density at radius 1 is 1.43 bits per heavy atom. The number of aromatic nitrogens is 2. The first-order chi connectivity index (χ1) is 5.99. The molecular formula is C9H13ClN2O2. The van der Waals surface area contributed by atoms with Gasteiger partial charge in [-0.15, -0.1) is 12.4 Å². The van der Waals surface area contributed by atoms with E-state index >= 15 is 0 Å².